The molecule has 0 radical (unpaired) electrons. The predicted molar refractivity (Wildman–Crippen MR) is 69.1 cm³/mol. The highest BCUT2D eigenvalue weighted by Crippen LogP contribution is 2.26. The molecule has 0 N–H and O–H groups in total. The summed E-state index contributed by atoms with van der Waals surface area (Å²) in [5, 5.41) is 7.67. The van der Waals surface area contributed by atoms with Crippen LogP contribution in [0.1, 0.15) is 30.9 Å². The standard InChI is InChI=1S/C13H14ClN3/c1-8(2)10-5-4-9(3)11(6-10)12-7-15-17-13(14)16-12/h4-8H,1-3H3. The number of halogens is 1. The summed E-state index contributed by atoms with van der Waals surface area (Å²) in [5.74, 6) is 0.486. The summed E-state index contributed by atoms with van der Waals surface area (Å²) in [4.78, 5) is 4.20. The van der Waals surface area contributed by atoms with E-state index in [9.17, 15) is 0 Å². The molecule has 0 aliphatic rings. The van der Waals surface area contributed by atoms with Gasteiger partial charge in [-0.05, 0) is 41.6 Å². The Balaban J connectivity index is 2.54. The molecular formula is C13H14ClN3. The molecule has 3 nitrogen and oxygen atoms in total. The second kappa shape index (κ2) is 4.80. The van der Waals surface area contributed by atoms with Gasteiger partial charge in [0.1, 0.15) is 0 Å². The molecule has 0 amide bonds. The first-order valence-corrected chi connectivity index (χ1v) is 5.92. The van der Waals surface area contributed by atoms with E-state index in [0.717, 1.165) is 16.8 Å². The average molecular weight is 248 g/mol. The zero-order chi connectivity index (χ0) is 12.4. The lowest BCUT2D eigenvalue weighted by atomic mass is 9.96. The molecule has 1 aromatic heterocycles. The minimum absolute atomic E-state index is 0.178. The molecule has 17 heavy (non-hydrogen) atoms. The third-order valence-corrected chi connectivity index (χ3v) is 2.90. The van der Waals surface area contributed by atoms with E-state index in [-0.39, 0.29) is 5.28 Å². The molecule has 4 heteroatoms. The van der Waals surface area contributed by atoms with E-state index in [2.05, 4.69) is 54.2 Å². The van der Waals surface area contributed by atoms with Crippen molar-refractivity contribution in [2.75, 3.05) is 0 Å². The van der Waals surface area contributed by atoms with Crippen molar-refractivity contribution in [3.63, 3.8) is 0 Å². The third-order valence-electron chi connectivity index (χ3n) is 2.74. The van der Waals surface area contributed by atoms with Crippen LogP contribution in [-0.4, -0.2) is 15.2 Å². The summed E-state index contributed by atoms with van der Waals surface area (Å²) in [6.07, 6.45) is 1.64. The van der Waals surface area contributed by atoms with Gasteiger partial charge in [0.05, 0.1) is 11.9 Å². The van der Waals surface area contributed by atoms with Crippen molar-refractivity contribution >= 4 is 11.6 Å². The quantitative estimate of drug-likeness (QED) is 0.814. The first-order valence-electron chi connectivity index (χ1n) is 5.54. The maximum absolute atomic E-state index is 5.76. The molecule has 0 saturated heterocycles. The molecule has 0 atom stereocenters. The Morgan fingerprint density at radius 1 is 1.24 bits per heavy atom. The second-order valence-electron chi connectivity index (χ2n) is 4.34. The molecule has 0 fully saturated rings. The molecule has 0 bridgehead atoms. The van der Waals surface area contributed by atoms with Crippen LogP contribution in [0.4, 0.5) is 0 Å². The van der Waals surface area contributed by atoms with Crippen molar-refractivity contribution in [3.8, 4) is 11.3 Å². The van der Waals surface area contributed by atoms with E-state index in [1.54, 1.807) is 6.20 Å². The summed E-state index contributed by atoms with van der Waals surface area (Å²) < 4.78 is 0. The van der Waals surface area contributed by atoms with Crippen molar-refractivity contribution in [2.45, 2.75) is 26.7 Å². The normalized spacial score (nSPS) is 10.9. The summed E-state index contributed by atoms with van der Waals surface area (Å²) >= 11 is 5.76. The fourth-order valence-corrected chi connectivity index (χ4v) is 1.82. The monoisotopic (exact) mass is 247 g/mol. The van der Waals surface area contributed by atoms with Gasteiger partial charge in [0, 0.05) is 5.56 Å². The van der Waals surface area contributed by atoms with Gasteiger partial charge in [-0.2, -0.15) is 5.10 Å². The summed E-state index contributed by atoms with van der Waals surface area (Å²) in [6, 6.07) is 6.38. The Kier molecular flexibility index (Phi) is 3.38. The minimum atomic E-state index is 0.178. The molecule has 1 heterocycles. The van der Waals surface area contributed by atoms with Gasteiger partial charge in [-0.25, -0.2) is 4.98 Å². The van der Waals surface area contributed by atoms with Gasteiger partial charge in [-0.1, -0.05) is 26.0 Å². The molecule has 0 aliphatic heterocycles. The first-order chi connectivity index (χ1) is 8.08. The summed E-state index contributed by atoms with van der Waals surface area (Å²) in [5.41, 5.74) is 4.27. The highest BCUT2D eigenvalue weighted by Gasteiger charge is 2.08. The number of benzene rings is 1. The Hall–Kier alpha value is -1.48. The van der Waals surface area contributed by atoms with E-state index in [1.807, 2.05) is 0 Å². The lowest BCUT2D eigenvalue weighted by Gasteiger charge is -2.10. The van der Waals surface area contributed by atoms with E-state index in [4.69, 9.17) is 11.6 Å². The van der Waals surface area contributed by atoms with Crippen LogP contribution >= 0.6 is 11.6 Å². The molecule has 0 spiro atoms. The zero-order valence-corrected chi connectivity index (χ0v) is 10.9. The van der Waals surface area contributed by atoms with Crippen LogP contribution in [0.2, 0.25) is 5.28 Å². The molecule has 0 saturated carbocycles. The van der Waals surface area contributed by atoms with Crippen LogP contribution in [0.3, 0.4) is 0 Å². The first kappa shape index (κ1) is 12.0. The topological polar surface area (TPSA) is 38.7 Å². The number of rotatable bonds is 2. The molecule has 2 aromatic rings. The summed E-state index contributed by atoms with van der Waals surface area (Å²) in [7, 11) is 0. The van der Waals surface area contributed by atoms with Gasteiger partial charge < -0.3 is 0 Å². The largest absolute Gasteiger partial charge is 0.243 e. The number of aryl methyl sites for hydroxylation is 1. The minimum Gasteiger partial charge on any atom is -0.215 e. The second-order valence-corrected chi connectivity index (χ2v) is 4.68. The van der Waals surface area contributed by atoms with Crippen molar-refractivity contribution in [1.29, 1.82) is 0 Å². The highest BCUT2D eigenvalue weighted by atomic mass is 35.5. The van der Waals surface area contributed by atoms with Gasteiger partial charge in [0.25, 0.3) is 0 Å². The number of nitrogens with zero attached hydrogens (tertiary/aromatic N) is 3. The Labute approximate surface area is 106 Å². The van der Waals surface area contributed by atoms with Gasteiger partial charge >= 0.3 is 0 Å². The van der Waals surface area contributed by atoms with Crippen molar-refractivity contribution < 1.29 is 0 Å². The van der Waals surface area contributed by atoms with Crippen LogP contribution < -0.4 is 0 Å². The van der Waals surface area contributed by atoms with Crippen molar-refractivity contribution in [1.82, 2.24) is 15.2 Å². The lowest BCUT2D eigenvalue weighted by molar-refractivity contribution is 0.866. The predicted octanol–water partition coefficient (Wildman–Crippen LogP) is 3.62. The molecular weight excluding hydrogens is 234 g/mol. The Morgan fingerprint density at radius 3 is 2.65 bits per heavy atom. The van der Waals surface area contributed by atoms with E-state index in [1.165, 1.54) is 5.56 Å². The molecule has 1 aromatic carbocycles. The molecule has 0 aliphatic carbocycles. The lowest BCUT2D eigenvalue weighted by Crippen LogP contribution is -1.95. The van der Waals surface area contributed by atoms with Gasteiger partial charge in [-0.15, -0.1) is 5.10 Å². The summed E-state index contributed by atoms with van der Waals surface area (Å²) in [6.45, 7) is 6.38. The fourth-order valence-electron chi connectivity index (χ4n) is 1.69. The van der Waals surface area contributed by atoms with E-state index in [0.29, 0.717) is 5.92 Å². The number of aromatic nitrogens is 3. The maximum atomic E-state index is 5.76. The van der Waals surface area contributed by atoms with Gasteiger partial charge in [0.15, 0.2) is 0 Å². The average Bonchev–Trinajstić information content (AvgIpc) is 2.29. The van der Waals surface area contributed by atoms with Crippen LogP contribution in [0.15, 0.2) is 24.4 Å². The van der Waals surface area contributed by atoms with Crippen LogP contribution in [-0.2, 0) is 0 Å². The van der Waals surface area contributed by atoms with E-state index >= 15 is 0 Å². The maximum Gasteiger partial charge on any atom is 0.243 e. The SMILES string of the molecule is Cc1ccc(C(C)C)cc1-c1cnnc(Cl)n1. The smallest absolute Gasteiger partial charge is 0.215 e. The zero-order valence-electron chi connectivity index (χ0n) is 10.1. The van der Waals surface area contributed by atoms with Crippen LogP contribution in [0.25, 0.3) is 11.3 Å². The highest BCUT2D eigenvalue weighted by molar-refractivity contribution is 6.28. The third kappa shape index (κ3) is 2.61. The molecule has 0 unspecified atom stereocenters. The number of hydrogen-bond acceptors (Lipinski definition) is 3. The van der Waals surface area contributed by atoms with Crippen molar-refractivity contribution in [2.24, 2.45) is 0 Å². The van der Waals surface area contributed by atoms with Crippen molar-refractivity contribution in [3.05, 3.63) is 40.8 Å². The van der Waals surface area contributed by atoms with Crippen LogP contribution in [0, 0.1) is 6.92 Å². The van der Waals surface area contributed by atoms with E-state index < -0.39 is 0 Å². The Morgan fingerprint density at radius 2 is 2.00 bits per heavy atom. The Bertz CT molecular complexity index is 538. The van der Waals surface area contributed by atoms with Gasteiger partial charge in [-0.3, -0.25) is 0 Å². The molecule has 88 valence electrons. The molecule has 2 rings (SSSR count). The van der Waals surface area contributed by atoms with Gasteiger partial charge in [0.2, 0.25) is 5.28 Å². The van der Waals surface area contributed by atoms with Crippen LogP contribution in [0.5, 0.6) is 0 Å². The fraction of sp³-hybridized carbons (Fsp3) is 0.308. The number of hydrogen-bond donors (Lipinski definition) is 0.